The highest BCUT2D eigenvalue weighted by Crippen LogP contribution is 2.12. The summed E-state index contributed by atoms with van der Waals surface area (Å²) in [5.74, 6) is 0.0149. The van der Waals surface area contributed by atoms with Gasteiger partial charge in [-0.15, -0.1) is 0 Å². The van der Waals surface area contributed by atoms with Crippen LogP contribution in [0.3, 0.4) is 0 Å². The van der Waals surface area contributed by atoms with Crippen molar-refractivity contribution in [1.29, 1.82) is 0 Å². The number of rotatable bonds is 7. The van der Waals surface area contributed by atoms with E-state index in [1.54, 1.807) is 44.4 Å². The number of nitrogens with one attached hydrogen (secondary N) is 2. The average Bonchev–Trinajstić information content (AvgIpc) is 2.55. The van der Waals surface area contributed by atoms with Crippen LogP contribution in [0.5, 0.6) is 0 Å². The zero-order valence-corrected chi connectivity index (χ0v) is 13.9. The highest BCUT2D eigenvalue weighted by molar-refractivity contribution is 6.03. The molecule has 0 aliphatic heterocycles. The minimum absolute atomic E-state index is 0.0222. The standard InChI is InChI=1S/C17H20N4O3/c1-11-10-15(21-17(19-11)18-8-9-24-3)16(23)20-14-6-4-13(5-7-14)12(2)22/h4-7,10H,8-9H2,1-3H3,(H,20,23)(H,18,19,21). The quantitative estimate of drug-likeness (QED) is 0.598. The molecular formula is C17H20N4O3. The summed E-state index contributed by atoms with van der Waals surface area (Å²) in [6.07, 6.45) is 0. The molecule has 0 aliphatic carbocycles. The van der Waals surface area contributed by atoms with Gasteiger partial charge in [0.2, 0.25) is 5.95 Å². The van der Waals surface area contributed by atoms with Crippen molar-refractivity contribution in [2.24, 2.45) is 0 Å². The van der Waals surface area contributed by atoms with Gasteiger partial charge in [0, 0.05) is 30.6 Å². The second-order valence-electron chi connectivity index (χ2n) is 5.23. The molecule has 7 heteroatoms. The highest BCUT2D eigenvalue weighted by Gasteiger charge is 2.11. The maximum Gasteiger partial charge on any atom is 0.274 e. The van der Waals surface area contributed by atoms with Crippen molar-refractivity contribution in [3.05, 3.63) is 47.3 Å². The molecule has 0 fully saturated rings. The first-order valence-electron chi connectivity index (χ1n) is 7.50. The van der Waals surface area contributed by atoms with Crippen molar-refractivity contribution in [2.75, 3.05) is 30.9 Å². The Morgan fingerprint density at radius 2 is 1.88 bits per heavy atom. The molecule has 0 atom stereocenters. The van der Waals surface area contributed by atoms with Gasteiger partial charge in [-0.25, -0.2) is 9.97 Å². The van der Waals surface area contributed by atoms with Crippen LogP contribution in [0.25, 0.3) is 0 Å². The van der Waals surface area contributed by atoms with Gasteiger partial charge in [0.25, 0.3) is 5.91 Å². The van der Waals surface area contributed by atoms with Gasteiger partial charge in [0.1, 0.15) is 5.69 Å². The lowest BCUT2D eigenvalue weighted by Crippen LogP contribution is -2.17. The third-order valence-corrected chi connectivity index (χ3v) is 3.23. The highest BCUT2D eigenvalue weighted by atomic mass is 16.5. The average molecular weight is 328 g/mol. The van der Waals surface area contributed by atoms with Crippen molar-refractivity contribution in [3.8, 4) is 0 Å². The summed E-state index contributed by atoms with van der Waals surface area (Å²) < 4.78 is 4.96. The third kappa shape index (κ3) is 4.85. The van der Waals surface area contributed by atoms with Gasteiger partial charge in [0.05, 0.1) is 6.61 Å². The van der Waals surface area contributed by atoms with Crippen LogP contribution in [-0.2, 0) is 4.74 Å². The Kier molecular flexibility index (Phi) is 5.97. The van der Waals surface area contributed by atoms with Crippen LogP contribution >= 0.6 is 0 Å². The lowest BCUT2D eigenvalue weighted by atomic mass is 10.1. The van der Waals surface area contributed by atoms with Crippen molar-refractivity contribution in [3.63, 3.8) is 0 Å². The zero-order chi connectivity index (χ0) is 17.5. The summed E-state index contributed by atoms with van der Waals surface area (Å²) in [6.45, 7) is 4.35. The predicted molar refractivity (Wildman–Crippen MR) is 91.5 cm³/mol. The van der Waals surface area contributed by atoms with Crippen molar-refractivity contribution >= 4 is 23.3 Å². The zero-order valence-electron chi connectivity index (χ0n) is 13.9. The largest absolute Gasteiger partial charge is 0.383 e. The number of aromatic nitrogens is 2. The number of benzene rings is 1. The Labute approximate surface area is 140 Å². The first-order valence-corrected chi connectivity index (χ1v) is 7.50. The molecule has 2 rings (SSSR count). The van der Waals surface area contributed by atoms with Crippen LogP contribution in [-0.4, -0.2) is 41.9 Å². The minimum Gasteiger partial charge on any atom is -0.383 e. The van der Waals surface area contributed by atoms with Crippen LogP contribution in [0.2, 0.25) is 0 Å². The molecule has 0 aliphatic rings. The van der Waals surface area contributed by atoms with Crippen molar-refractivity contribution < 1.29 is 14.3 Å². The monoisotopic (exact) mass is 328 g/mol. The Hall–Kier alpha value is -2.80. The number of ether oxygens (including phenoxy) is 1. The summed E-state index contributed by atoms with van der Waals surface area (Å²) in [4.78, 5) is 32.0. The number of ketones is 1. The number of aryl methyl sites for hydroxylation is 1. The van der Waals surface area contributed by atoms with E-state index in [0.717, 1.165) is 0 Å². The number of hydrogen-bond donors (Lipinski definition) is 2. The predicted octanol–water partition coefficient (Wildman–Crippen LogP) is 2.30. The number of Topliss-reactive ketones (excluding diaryl/α,β-unsaturated/α-hetero) is 1. The van der Waals surface area contributed by atoms with E-state index in [9.17, 15) is 9.59 Å². The molecule has 0 unspecified atom stereocenters. The van der Waals surface area contributed by atoms with Gasteiger partial charge >= 0.3 is 0 Å². The summed E-state index contributed by atoms with van der Waals surface area (Å²) >= 11 is 0. The molecule has 1 aromatic heterocycles. The molecule has 0 radical (unpaired) electrons. The summed E-state index contributed by atoms with van der Waals surface area (Å²) in [5.41, 5.74) is 2.13. The number of carbonyl (C=O) groups is 2. The number of methoxy groups -OCH3 is 1. The number of nitrogens with zero attached hydrogens (tertiary/aromatic N) is 2. The number of amides is 1. The van der Waals surface area contributed by atoms with E-state index in [0.29, 0.717) is 36.0 Å². The van der Waals surface area contributed by atoms with E-state index < -0.39 is 0 Å². The Morgan fingerprint density at radius 1 is 1.17 bits per heavy atom. The molecular weight excluding hydrogens is 308 g/mol. The van der Waals surface area contributed by atoms with Gasteiger partial charge in [-0.05, 0) is 44.2 Å². The van der Waals surface area contributed by atoms with Crippen molar-refractivity contribution in [2.45, 2.75) is 13.8 Å². The van der Waals surface area contributed by atoms with Crippen LogP contribution in [0.15, 0.2) is 30.3 Å². The van der Waals surface area contributed by atoms with Gasteiger partial charge in [-0.2, -0.15) is 0 Å². The van der Waals surface area contributed by atoms with Gasteiger partial charge < -0.3 is 15.4 Å². The van der Waals surface area contributed by atoms with Gasteiger partial charge in [0.15, 0.2) is 5.78 Å². The fraction of sp³-hybridized carbons (Fsp3) is 0.294. The van der Waals surface area contributed by atoms with Gasteiger partial charge in [-0.3, -0.25) is 9.59 Å². The Bertz CT molecular complexity index is 729. The van der Waals surface area contributed by atoms with E-state index >= 15 is 0 Å². The molecule has 2 N–H and O–H groups in total. The Balaban J connectivity index is 2.09. The van der Waals surface area contributed by atoms with E-state index in [2.05, 4.69) is 20.6 Å². The van der Waals surface area contributed by atoms with Crippen LogP contribution in [0.1, 0.15) is 33.5 Å². The molecule has 2 aromatic rings. The Morgan fingerprint density at radius 3 is 2.50 bits per heavy atom. The molecule has 126 valence electrons. The number of hydrogen-bond acceptors (Lipinski definition) is 6. The third-order valence-electron chi connectivity index (χ3n) is 3.23. The molecule has 24 heavy (non-hydrogen) atoms. The van der Waals surface area contributed by atoms with Crippen LogP contribution < -0.4 is 10.6 Å². The maximum absolute atomic E-state index is 12.3. The lowest BCUT2D eigenvalue weighted by Gasteiger charge is -2.09. The topological polar surface area (TPSA) is 93.2 Å². The molecule has 1 aromatic carbocycles. The molecule has 1 amide bonds. The first kappa shape index (κ1) is 17.6. The molecule has 1 heterocycles. The van der Waals surface area contributed by atoms with E-state index in [-0.39, 0.29) is 17.4 Å². The fourth-order valence-electron chi connectivity index (χ4n) is 2.01. The molecule has 0 saturated carbocycles. The second kappa shape index (κ2) is 8.16. The van der Waals surface area contributed by atoms with Crippen LogP contribution in [0, 0.1) is 6.92 Å². The minimum atomic E-state index is -0.342. The molecule has 0 saturated heterocycles. The SMILES string of the molecule is COCCNc1nc(C)cc(C(=O)Nc2ccc(C(C)=O)cc2)n1. The first-order chi connectivity index (χ1) is 11.5. The summed E-state index contributed by atoms with van der Waals surface area (Å²) in [5, 5.41) is 5.75. The number of anilines is 2. The summed E-state index contributed by atoms with van der Waals surface area (Å²) in [7, 11) is 1.61. The second-order valence-corrected chi connectivity index (χ2v) is 5.23. The maximum atomic E-state index is 12.3. The number of carbonyl (C=O) groups excluding carboxylic acids is 2. The lowest BCUT2D eigenvalue weighted by molar-refractivity contribution is 0.101. The summed E-state index contributed by atoms with van der Waals surface area (Å²) in [6, 6.07) is 8.31. The molecule has 0 bridgehead atoms. The van der Waals surface area contributed by atoms with E-state index in [4.69, 9.17) is 4.74 Å². The smallest absolute Gasteiger partial charge is 0.274 e. The fourth-order valence-corrected chi connectivity index (χ4v) is 2.01. The van der Waals surface area contributed by atoms with Crippen molar-refractivity contribution in [1.82, 2.24) is 9.97 Å². The normalized spacial score (nSPS) is 10.3. The molecule has 0 spiro atoms. The van der Waals surface area contributed by atoms with E-state index in [1.807, 2.05) is 0 Å². The molecule has 7 nitrogen and oxygen atoms in total. The van der Waals surface area contributed by atoms with E-state index in [1.165, 1.54) is 6.92 Å². The van der Waals surface area contributed by atoms with Crippen LogP contribution in [0.4, 0.5) is 11.6 Å². The van der Waals surface area contributed by atoms with Gasteiger partial charge in [-0.1, -0.05) is 0 Å².